The van der Waals surface area contributed by atoms with Crippen molar-refractivity contribution in [3.63, 3.8) is 0 Å². The second kappa shape index (κ2) is 6.23. The zero-order chi connectivity index (χ0) is 11.3. The molecule has 0 bridgehead atoms. The first-order valence-corrected chi connectivity index (χ1v) is 6.11. The fourth-order valence-electron chi connectivity index (χ4n) is 1.47. The molecule has 0 spiro atoms. The molecule has 1 unspecified atom stereocenters. The van der Waals surface area contributed by atoms with E-state index in [4.69, 9.17) is 15.2 Å². The number of hydrogen-bond acceptors (Lipinski definition) is 4. The van der Waals surface area contributed by atoms with Crippen LogP contribution in [-0.2, 0) is 9.47 Å². The highest BCUT2D eigenvalue weighted by atomic mass is 32.1. The van der Waals surface area contributed by atoms with E-state index in [-0.39, 0.29) is 12.3 Å². The third-order valence-corrected chi connectivity index (χ3v) is 3.07. The molecule has 2 N–H and O–H groups in total. The zero-order valence-electron chi connectivity index (χ0n) is 9.53. The lowest BCUT2D eigenvalue weighted by molar-refractivity contribution is -0.149. The molecule has 15 heavy (non-hydrogen) atoms. The van der Waals surface area contributed by atoms with Gasteiger partial charge in [-0.15, -0.1) is 11.3 Å². The van der Waals surface area contributed by atoms with Gasteiger partial charge in [-0.1, -0.05) is 0 Å². The highest BCUT2D eigenvalue weighted by Crippen LogP contribution is 2.25. The van der Waals surface area contributed by atoms with Gasteiger partial charge in [0.2, 0.25) is 0 Å². The molecule has 3 nitrogen and oxygen atoms in total. The lowest BCUT2D eigenvalue weighted by Gasteiger charge is -2.23. The van der Waals surface area contributed by atoms with Crippen LogP contribution in [-0.4, -0.2) is 19.5 Å². The maximum atomic E-state index is 6.11. The first-order valence-electron chi connectivity index (χ1n) is 5.23. The van der Waals surface area contributed by atoms with E-state index in [1.54, 1.807) is 11.3 Å². The minimum absolute atomic E-state index is 0.198. The zero-order valence-corrected chi connectivity index (χ0v) is 10.3. The van der Waals surface area contributed by atoms with Crippen LogP contribution in [0.5, 0.6) is 0 Å². The van der Waals surface area contributed by atoms with Crippen LogP contribution >= 0.6 is 11.3 Å². The molecule has 1 rings (SSSR count). The third-order valence-electron chi connectivity index (χ3n) is 2.21. The Bertz CT molecular complexity index is 282. The van der Waals surface area contributed by atoms with E-state index >= 15 is 0 Å². The average molecular weight is 229 g/mol. The Morgan fingerprint density at radius 3 is 2.33 bits per heavy atom. The fraction of sp³-hybridized carbons (Fsp3) is 0.636. The van der Waals surface area contributed by atoms with Crippen molar-refractivity contribution in [3.8, 4) is 0 Å². The van der Waals surface area contributed by atoms with Gasteiger partial charge in [-0.05, 0) is 37.8 Å². The molecule has 86 valence electrons. The minimum atomic E-state index is -0.340. The van der Waals surface area contributed by atoms with E-state index in [0.717, 1.165) is 5.56 Å². The molecular weight excluding hydrogens is 210 g/mol. The number of nitrogens with two attached hydrogens (primary N) is 1. The summed E-state index contributed by atoms with van der Waals surface area (Å²) in [4.78, 5) is 1.23. The summed E-state index contributed by atoms with van der Waals surface area (Å²) in [5, 5.41) is 2.04. The van der Waals surface area contributed by atoms with E-state index in [1.165, 1.54) is 4.88 Å². The highest BCUT2D eigenvalue weighted by molar-refractivity contribution is 7.10. The quantitative estimate of drug-likeness (QED) is 0.762. The topological polar surface area (TPSA) is 44.5 Å². The maximum Gasteiger partial charge on any atom is 0.176 e. The molecule has 1 aromatic heterocycles. The Morgan fingerprint density at radius 1 is 1.33 bits per heavy atom. The average Bonchev–Trinajstić information content (AvgIpc) is 2.63. The molecule has 0 aliphatic rings. The van der Waals surface area contributed by atoms with Gasteiger partial charge in [0.05, 0.1) is 6.04 Å². The molecule has 0 radical (unpaired) electrons. The van der Waals surface area contributed by atoms with E-state index < -0.39 is 0 Å². The Labute approximate surface area is 95.2 Å². The fourth-order valence-corrected chi connectivity index (χ4v) is 2.23. The Kier molecular flexibility index (Phi) is 5.25. The molecule has 0 fully saturated rings. The van der Waals surface area contributed by atoms with Gasteiger partial charge in [-0.2, -0.15) is 0 Å². The standard InChI is InChI=1S/C11H19NO2S/c1-4-13-11(14-5-2)10(12)9-6-7-15-8(9)3/h6-7,10-11H,4-5,12H2,1-3H3. The van der Waals surface area contributed by atoms with Crippen LogP contribution in [0.4, 0.5) is 0 Å². The molecule has 0 aromatic carbocycles. The van der Waals surface area contributed by atoms with Crippen molar-refractivity contribution in [1.82, 2.24) is 0 Å². The SMILES string of the molecule is CCOC(OCC)C(N)c1ccsc1C. The van der Waals surface area contributed by atoms with Crippen molar-refractivity contribution in [2.24, 2.45) is 5.73 Å². The van der Waals surface area contributed by atoms with Gasteiger partial charge in [0.1, 0.15) is 0 Å². The molecule has 0 aliphatic heterocycles. The molecule has 0 amide bonds. The molecular formula is C11H19NO2S. The monoisotopic (exact) mass is 229 g/mol. The van der Waals surface area contributed by atoms with Crippen molar-refractivity contribution in [2.45, 2.75) is 33.1 Å². The predicted octanol–water partition coefficient (Wildman–Crippen LogP) is 2.46. The molecule has 1 aromatic rings. The number of ether oxygens (including phenoxy) is 2. The summed E-state index contributed by atoms with van der Waals surface area (Å²) in [5.41, 5.74) is 7.23. The van der Waals surface area contributed by atoms with Gasteiger partial charge in [-0.3, -0.25) is 0 Å². The van der Waals surface area contributed by atoms with Gasteiger partial charge >= 0.3 is 0 Å². The lowest BCUT2D eigenvalue weighted by atomic mass is 10.1. The summed E-state index contributed by atoms with van der Waals surface area (Å²) < 4.78 is 11.0. The maximum absolute atomic E-state index is 6.11. The van der Waals surface area contributed by atoms with Gasteiger partial charge < -0.3 is 15.2 Å². The summed E-state index contributed by atoms with van der Waals surface area (Å²) in [6.07, 6.45) is -0.340. The van der Waals surface area contributed by atoms with Crippen LogP contribution in [0.25, 0.3) is 0 Å². The highest BCUT2D eigenvalue weighted by Gasteiger charge is 2.21. The largest absolute Gasteiger partial charge is 0.351 e. The van der Waals surface area contributed by atoms with Crippen molar-refractivity contribution >= 4 is 11.3 Å². The first kappa shape index (κ1) is 12.6. The van der Waals surface area contributed by atoms with E-state index in [1.807, 2.05) is 25.3 Å². The molecule has 0 saturated heterocycles. The molecule has 4 heteroatoms. The summed E-state index contributed by atoms with van der Waals surface area (Å²) in [6.45, 7) is 7.18. The van der Waals surface area contributed by atoms with Gasteiger partial charge in [0.25, 0.3) is 0 Å². The van der Waals surface area contributed by atoms with Crippen LogP contribution in [0.2, 0.25) is 0 Å². The summed E-state index contributed by atoms with van der Waals surface area (Å²) in [7, 11) is 0. The predicted molar refractivity (Wildman–Crippen MR) is 63.0 cm³/mol. The van der Waals surface area contributed by atoms with Crippen LogP contribution in [0, 0.1) is 6.92 Å². The Hall–Kier alpha value is -0.420. The molecule has 1 atom stereocenters. The van der Waals surface area contributed by atoms with Crippen LogP contribution in [0.3, 0.4) is 0 Å². The van der Waals surface area contributed by atoms with Gasteiger partial charge in [-0.25, -0.2) is 0 Å². The summed E-state index contributed by atoms with van der Waals surface area (Å²) in [6, 6.07) is 1.84. The second-order valence-electron chi connectivity index (χ2n) is 3.24. The van der Waals surface area contributed by atoms with Crippen molar-refractivity contribution in [3.05, 3.63) is 21.9 Å². The number of rotatable bonds is 6. The van der Waals surface area contributed by atoms with Crippen molar-refractivity contribution < 1.29 is 9.47 Å². The molecule has 1 heterocycles. The summed E-state index contributed by atoms with van der Waals surface area (Å²) >= 11 is 1.70. The number of thiophene rings is 1. The van der Waals surface area contributed by atoms with Crippen LogP contribution < -0.4 is 5.73 Å². The second-order valence-corrected chi connectivity index (χ2v) is 4.36. The first-order chi connectivity index (χ1) is 7.20. The third kappa shape index (κ3) is 3.28. The normalized spacial score (nSPS) is 13.4. The van der Waals surface area contributed by atoms with E-state index in [2.05, 4.69) is 6.92 Å². The summed E-state index contributed by atoms with van der Waals surface area (Å²) in [5.74, 6) is 0. The van der Waals surface area contributed by atoms with Gasteiger partial charge in [0.15, 0.2) is 6.29 Å². The lowest BCUT2D eigenvalue weighted by Crippen LogP contribution is -2.31. The van der Waals surface area contributed by atoms with E-state index in [9.17, 15) is 0 Å². The van der Waals surface area contributed by atoms with Crippen molar-refractivity contribution in [2.75, 3.05) is 13.2 Å². The van der Waals surface area contributed by atoms with Crippen molar-refractivity contribution in [1.29, 1.82) is 0 Å². The van der Waals surface area contributed by atoms with Crippen LogP contribution in [0.1, 0.15) is 30.3 Å². The Balaban J connectivity index is 2.71. The number of hydrogen-bond donors (Lipinski definition) is 1. The van der Waals surface area contributed by atoms with Gasteiger partial charge in [0, 0.05) is 18.1 Å². The molecule has 0 aliphatic carbocycles. The number of aryl methyl sites for hydroxylation is 1. The Morgan fingerprint density at radius 2 is 1.93 bits per heavy atom. The minimum Gasteiger partial charge on any atom is -0.351 e. The molecule has 0 saturated carbocycles. The van der Waals surface area contributed by atoms with E-state index in [0.29, 0.717) is 13.2 Å². The smallest absolute Gasteiger partial charge is 0.176 e. The van der Waals surface area contributed by atoms with Crippen LogP contribution in [0.15, 0.2) is 11.4 Å².